The van der Waals surface area contributed by atoms with Gasteiger partial charge in [-0.2, -0.15) is 0 Å². The van der Waals surface area contributed by atoms with Gasteiger partial charge < -0.3 is 10.6 Å². The molecule has 3 fully saturated rings. The van der Waals surface area contributed by atoms with E-state index in [4.69, 9.17) is 5.73 Å². The van der Waals surface area contributed by atoms with Crippen LogP contribution in [0.5, 0.6) is 0 Å². The van der Waals surface area contributed by atoms with Gasteiger partial charge in [0.1, 0.15) is 0 Å². The van der Waals surface area contributed by atoms with Gasteiger partial charge in [0.05, 0.1) is 0 Å². The van der Waals surface area contributed by atoms with Gasteiger partial charge in [0, 0.05) is 31.2 Å². The molecule has 4 heteroatoms. The van der Waals surface area contributed by atoms with Crippen molar-refractivity contribution in [1.82, 2.24) is 14.7 Å². The minimum absolute atomic E-state index is 0.460. The Morgan fingerprint density at radius 3 is 2.10 bits per heavy atom. The highest BCUT2D eigenvalue weighted by atomic mass is 15.3. The van der Waals surface area contributed by atoms with Crippen LogP contribution in [-0.2, 0) is 0 Å². The van der Waals surface area contributed by atoms with Crippen LogP contribution >= 0.6 is 0 Å². The van der Waals surface area contributed by atoms with Gasteiger partial charge in [0.15, 0.2) is 0 Å². The quantitative estimate of drug-likeness (QED) is 0.849. The van der Waals surface area contributed by atoms with Crippen molar-refractivity contribution in [2.75, 3.05) is 45.8 Å². The van der Waals surface area contributed by atoms with E-state index >= 15 is 0 Å². The molecule has 3 aliphatic heterocycles. The molecule has 3 aliphatic rings. The maximum absolute atomic E-state index is 6.04. The van der Waals surface area contributed by atoms with Crippen molar-refractivity contribution in [3.8, 4) is 0 Å². The minimum Gasteiger partial charge on any atom is -0.328 e. The summed E-state index contributed by atoms with van der Waals surface area (Å²) in [6, 6.07) is 2.13. The molecule has 0 saturated carbocycles. The minimum atomic E-state index is 0.460. The zero-order chi connectivity index (χ0) is 14.7. The van der Waals surface area contributed by atoms with E-state index in [2.05, 4.69) is 21.6 Å². The first-order valence-corrected chi connectivity index (χ1v) is 9.22. The number of rotatable bonds is 4. The molecule has 1 atom stereocenters. The Bertz CT molecular complexity index is 306. The van der Waals surface area contributed by atoms with Crippen LogP contribution in [0.25, 0.3) is 0 Å². The fourth-order valence-electron chi connectivity index (χ4n) is 4.51. The first-order chi connectivity index (χ1) is 10.3. The largest absolute Gasteiger partial charge is 0.328 e. The molecular weight excluding hydrogens is 260 g/mol. The molecule has 0 radical (unpaired) electrons. The van der Waals surface area contributed by atoms with E-state index in [0.29, 0.717) is 6.04 Å². The predicted molar refractivity (Wildman–Crippen MR) is 88.5 cm³/mol. The highest BCUT2D eigenvalue weighted by Crippen LogP contribution is 2.25. The summed E-state index contributed by atoms with van der Waals surface area (Å²) < 4.78 is 0. The standard InChI is InChI=1S/C17H34N4/c1-2-8-19-9-5-16(6-10-19)21-13-7-17(14-21)20-11-3-15(18)4-12-20/h15-17H,2-14,18H2,1H3. The fraction of sp³-hybridized carbons (Fsp3) is 1.00. The van der Waals surface area contributed by atoms with Gasteiger partial charge in [-0.1, -0.05) is 6.92 Å². The lowest BCUT2D eigenvalue weighted by Gasteiger charge is -2.38. The molecule has 0 aromatic rings. The summed E-state index contributed by atoms with van der Waals surface area (Å²) in [4.78, 5) is 8.16. The lowest BCUT2D eigenvalue weighted by Crippen LogP contribution is -2.48. The second-order valence-corrected chi connectivity index (χ2v) is 7.38. The highest BCUT2D eigenvalue weighted by Gasteiger charge is 2.34. The van der Waals surface area contributed by atoms with Gasteiger partial charge in [0.25, 0.3) is 0 Å². The summed E-state index contributed by atoms with van der Waals surface area (Å²) >= 11 is 0. The van der Waals surface area contributed by atoms with Crippen molar-refractivity contribution < 1.29 is 0 Å². The maximum atomic E-state index is 6.04. The molecule has 21 heavy (non-hydrogen) atoms. The lowest BCUT2D eigenvalue weighted by atomic mass is 10.0. The monoisotopic (exact) mass is 294 g/mol. The summed E-state index contributed by atoms with van der Waals surface area (Å²) in [5, 5.41) is 0. The van der Waals surface area contributed by atoms with Crippen LogP contribution < -0.4 is 5.73 Å². The summed E-state index contributed by atoms with van der Waals surface area (Å²) in [6.07, 6.45) is 7.85. The smallest absolute Gasteiger partial charge is 0.0235 e. The molecule has 2 N–H and O–H groups in total. The molecule has 1 unspecified atom stereocenters. The Morgan fingerprint density at radius 1 is 0.810 bits per heavy atom. The SMILES string of the molecule is CCCN1CCC(N2CCC(N3CCC(N)CC3)C2)CC1. The molecule has 0 bridgehead atoms. The van der Waals surface area contributed by atoms with E-state index < -0.39 is 0 Å². The average molecular weight is 294 g/mol. The molecular formula is C17H34N4. The van der Waals surface area contributed by atoms with Crippen molar-refractivity contribution >= 4 is 0 Å². The maximum Gasteiger partial charge on any atom is 0.0235 e. The number of hydrogen-bond acceptors (Lipinski definition) is 4. The third kappa shape index (κ3) is 3.98. The van der Waals surface area contributed by atoms with E-state index in [9.17, 15) is 0 Å². The van der Waals surface area contributed by atoms with Crippen LogP contribution in [0, 0.1) is 0 Å². The Hall–Kier alpha value is -0.160. The second-order valence-electron chi connectivity index (χ2n) is 7.38. The van der Waals surface area contributed by atoms with Gasteiger partial charge in [0.2, 0.25) is 0 Å². The number of likely N-dealkylation sites (tertiary alicyclic amines) is 3. The van der Waals surface area contributed by atoms with Gasteiger partial charge >= 0.3 is 0 Å². The van der Waals surface area contributed by atoms with Crippen molar-refractivity contribution in [3.05, 3.63) is 0 Å². The third-order valence-corrected chi connectivity index (χ3v) is 5.90. The van der Waals surface area contributed by atoms with Gasteiger partial charge in [-0.05, 0) is 71.2 Å². The first-order valence-electron chi connectivity index (χ1n) is 9.22. The molecule has 0 aliphatic carbocycles. The summed E-state index contributed by atoms with van der Waals surface area (Å²) in [5.41, 5.74) is 6.04. The number of hydrogen-bond donors (Lipinski definition) is 1. The van der Waals surface area contributed by atoms with Gasteiger partial charge in [-0.15, -0.1) is 0 Å². The van der Waals surface area contributed by atoms with E-state index in [0.717, 1.165) is 12.1 Å². The fourth-order valence-corrected chi connectivity index (χ4v) is 4.51. The van der Waals surface area contributed by atoms with Crippen LogP contribution in [0.1, 0.15) is 45.4 Å². The summed E-state index contributed by atoms with van der Waals surface area (Å²) in [7, 11) is 0. The van der Waals surface area contributed by atoms with E-state index in [1.54, 1.807) is 0 Å². The number of piperidine rings is 2. The molecule has 0 aromatic heterocycles. The molecule has 122 valence electrons. The van der Waals surface area contributed by atoms with Gasteiger partial charge in [-0.3, -0.25) is 9.80 Å². The normalized spacial score (nSPS) is 32.0. The topological polar surface area (TPSA) is 35.7 Å². The highest BCUT2D eigenvalue weighted by molar-refractivity contribution is 4.91. The summed E-state index contributed by atoms with van der Waals surface area (Å²) in [6.45, 7) is 11.3. The molecule has 3 saturated heterocycles. The third-order valence-electron chi connectivity index (χ3n) is 5.90. The van der Waals surface area contributed by atoms with Crippen LogP contribution in [0.4, 0.5) is 0 Å². The van der Waals surface area contributed by atoms with Crippen LogP contribution in [0.3, 0.4) is 0 Å². The number of nitrogens with zero attached hydrogens (tertiary/aromatic N) is 3. The second kappa shape index (κ2) is 7.40. The Morgan fingerprint density at radius 2 is 1.43 bits per heavy atom. The predicted octanol–water partition coefficient (Wildman–Crippen LogP) is 1.36. The van der Waals surface area contributed by atoms with E-state index in [-0.39, 0.29) is 0 Å². The summed E-state index contributed by atoms with van der Waals surface area (Å²) in [5.74, 6) is 0. The zero-order valence-electron chi connectivity index (χ0n) is 13.8. The molecule has 0 aromatic carbocycles. The molecule has 3 heterocycles. The van der Waals surface area contributed by atoms with Crippen molar-refractivity contribution in [2.45, 2.75) is 63.6 Å². The van der Waals surface area contributed by atoms with E-state index in [1.807, 2.05) is 0 Å². The van der Waals surface area contributed by atoms with Crippen molar-refractivity contribution in [1.29, 1.82) is 0 Å². The van der Waals surface area contributed by atoms with E-state index in [1.165, 1.54) is 84.3 Å². The molecule has 0 spiro atoms. The molecule has 4 nitrogen and oxygen atoms in total. The Balaban J connectivity index is 1.42. The number of nitrogens with two attached hydrogens (primary N) is 1. The Labute approximate surface area is 130 Å². The first kappa shape index (κ1) is 15.7. The lowest BCUT2D eigenvalue weighted by molar-refractivity contribution is 0.109. The zero-order valence-corrected chi connectivity index (χ0v) is 13.8. The van der Waals surface area contributed by atoms with Crippen LogP contribution in [0.2, 0.25) is 0 Å². The molecule has 3 rings (SSSR count). The van der Waals surface area contributed by atoms with Gasteiger partial charge in [-0.25, -0.2) is 0 Å². The average Bonchev–Trinajstić information content (AvgIpc) is 2.99. The van der Waals surface area contributed by atoms with Crippen molar-refractivity contribution in [3.63, 3.8) is 0 Å². The Kier molecular flexibility index (Phi) is 5.54. The molecule has 0 amide bonds. The van der Waals surface area contributed by atoms with Crippen LogP contribution in [0.15, 0.2) is 0 Å². The van der Waals surface area contributed by atoms with Crippen molar-refractivity contribution in [2.24, 2.45) is 5.73 Å². The van der Waals surface area contributed by atoms with Crippen LogP contribution in [-0.4, -0.2) is 78.6 Å².